The predicted octanol–water partition coefficient (Wildman–Crippen LogP) is 1.54. The van der Waals surface area contributed by atoms with Gasteiger partial charge in [-0.25, -0.2) is 12.8 Å². The molecule has 7 heteroatoms. The number of carbonyl (C=O) groups excluding carboxylic acids is 1. The zero-order valence-electron chi connectivity index (χ0n) is 12.3. The van der Waals surface area contributed by atoms with Crippen LogP contribution in [0.1, 0.15) is 31.9 Å². The van der Waals surface area contributed by atoms with Gasteiger partial charge < -0.3 is 10.5 Å². The van der Waals surface area contributed by atoms with Crippen molar-refractivity contribution in [2.75, 3.05) is 5.75 Å². The van der Waals surface area contributed by atoms with Gasteiger partial charge in [0.25, 0.3) is 0 Å². The molecule has 0 fully saturated rings. The highest BCUT2D eigenvalue weighted by Gasteiger charge is 2.24. The van der Waals surface area contributed by atoms with Crippen LogP contribution in [0.2, 0.25) is 0 Å². The topological polar surface area (TPSA) is 86.5 Å². The molecule has 0 saturated carbocycles. The van der Waals surface area contributed by atoms with Gasteiger partial charge in [-0.15, -0.1) is 0 Å². The molecule has 0 aliphatic rings. The van der Waals surface area contributed by atoms with E-state index in [1.165, 1.54) is 12.1 Å². The molecule has 0 aliphatic carbocycles. The van der Waals surface area contributed by atoms with Crippen LogP contribution in [0.3, 0.4) is 0 Å². The fourth-order valence-corrected chi connectivity index (χ4v) is 2.90. The van der Waals surface area contributed by atoms with Crippen molar-refractivity contribution in [1.29, 1.82) is 0 Å². The summed E-state index contributed by atoms with van der Waals surface area (Å²) < 4.78 is 42.5. The van der Waals surface area contributed by atoms with Crippen LogP contribution in [0, 0.1) is 5.82 Å². The fraction of sp³-hybridized carbons (Fsp3) is 0.500. The Kier molecular flexibility index (Phi) is 5.47. The van der Waals surface area contributed by atoms with Gasteiger partial charge in [-0.1, -0.05) is 12.1 Å². The number of nitrogens with two attached hydrogens (primary N) is 1. The molecule has 5 nitrogen and oxygen atoms in total. The monoisotopic (exact) mass is 317 g/mol. The molecule has 0 bridgehead atoms. The minimum atomic E-state index is -3.79. The fourth-order valence-electron chi connectivity index (χ4n) is 1.67. The van der Waals surface area contributed by atoms with Gasteiger partial charge in [-0.05, 0) is 32.4 Å². The summed E-state index contributed by atoms with van der Waals surface area (Å²) in [6.07, 6.45) is 0. The molecule has 2 N–H and O–H groups in total. The van der Waals surface area contributed by atoms with E-state index in [1.54, 1.807) is 26.8 Å². The number of sulfone groups is 1. The maximum Gasteiger partial charge on any atom is 0.321 e. The molecular formula is C14H20FNO4S. The van der Waals surface area contributed by atoms with Gasteiger partial charge in [-0.3, -0.25) is 4.79 Å². The Labute approximate surface area is 124 Å². The lowest BCUT2D eigenvalue weighted by molar-refractivity contribution is -0.151. The van der Waals surface area contributed by atoms with Gasteiger partial charge >= 0.3 is 5.97 Å². The van der Waals surface area contributed by atoms with Crippen LogP contribution in [0.15, 0.2) is 18.2 Å². The van der Waals surface area contributed by atoms with E-state index in [1.807, 2.05) is 0 Å². The summed E-state index contributed by atoms with van der Waals surface area (Å²) in [5.74, 6) is -2.82. The summed E-state index contributed by atoms with van der Waals surface area (Å²) in [5, 5.41) is 0. The van der Waals surface area contributed by atoms with E-state index in [4.69, 9.17) is 10.5 Å². The first-order valence-electron chi connectivity index (χ1n) is 6.42. The number of hydrogen-bond donors (Lipinski definition) is 1. The summed E-state index contributed by atoms with van der Waals surface area (Å²) in [4.78, 5) is 11.5. The average Bonchev–Trinajstić information content (AvgIpc) is 2.28. The Hall–Kier alpha value is -1.47. The van der Waals surface area contributed by atoms with Crippen molar-refractivity contribution in [2.24, 2.45) is 5.73 Å². The zero-order valence-corrected chi connectivity index (χ0v) is 13.2. The number of rotatable bonds is 5. The van der Waals surface area contributed by atoms with Crippen LogP contribution < -0.4 is 5.73 Å². The quantitative estimate of drug-likeness (QED) is 0.833. The number of ether oxygens (including phenoxy) is 1. The molecule has 1 aromatic rings. The van der Waals surface area contributed by atoms with Gasteiger partial charge in [0, 0.05) is 12.1 Å². The summed E-state index contributed by atoms with van der Waals surface area (Å²) in [6, 6.07) is 4.11. The minimum absolute atomic E-state index is 0.00996. The minimum Gasteiger partial charge on any atom is -0.459 e. The number of hydrogen-bond acceptors (Lipinski definition) is 5. The third-order valence-corrected chi connectivity index (χ3v) is 3.91. The normalized spacial score (nSPS) is 12.2. The van der Waals surface area contributed by atoms with E-state index in [9.17, 15) is 17.6 Å². The number of esters is 1. The van der Waals surface area contributed by atoms with Crippen LogP contribution in [0.4, 0.5) is 4.39 Å². The smallest absolute Gasteiger partial charge is 0.321 e. The van der Waals surface area contributed by atoms with Gasteiger partial charge in [0.05, 0.1) is 5.75 Å². The Morgan fingerprint density at radius 2 is 1.95 bits per heavy atom. The van der Waals surface area contributed by atoms with Gasteiger partial charge in [-0.2, -0.15) is 0 Å². The lowest BCUT2D eigenvalue weighted by atomic mass is 10.1. The molecule has 0 heterocycles. The molecule has 1 aromatic carbocycles. The van der Waals surface area contributed by atoms with Crippen LogP contribution >= 0.6 is 0 Å². The SMILES string of the molecule is CC(C)(C)OC(=O)CS(=O)(=O)Cc1ccc(CN)cc1F. The molecule has 0 aromatic heterocycles. The standard InChI is InChI=1S/C14H20FNO4S/c1-14(2,3)20-13(17)9-21(18,19)8-11-5-4-10(7-16)6-12(11)15/h4-6H,7-9,16H2,1-3H3. The largest absolute Gasteiger partial charge is 0.459 e. The Morgan fingerprint density at radius 1 is 1.33 bits per heavy atom. The summed E-state index contributed by atoms with van der Waals surface area (Å²) >= 11 is 0. The van der Waals surface area contributed by atoms with E-state index in [0.29, 0.717) is 5.56 Å². The van der Waals surface area contributed by atoms with Gasteiger partial charge in [0.1, 0.15) is 17.2 Å². The average molecular weight is 317 g/mol. The van der Waals surface area contributed by atoms with Crippen molar-refractivity contribution in [1.82, 2.24) is 0 Å². The van der Waals surface area contributed by atoms with E-state index in [-0.39, 0.29) is 12.1 Å². The van der Waals surface area contributed by atoms with E-state index in [2.05, 4.69) is 0 Å². The molecule has 0 amide bonds. The molecule has 0 unspecified atom stereocenters. The van der Waals surface area contributed by atoms with Crippen LogP contribution in [-0.2, 0) is 31.7 Å². The van der Waals surface area contributed by atoms with Crippen molar-refractivity contribution in [3.05, 3.63) is 35.1 Å². The molecule has 0 aliphatic heterocycles. The first kappa shape index (κ1) is 17.6. The van der Waals surface area contributed by atoms with E-state index < -0.39 is 38.7 Å². The number of benzene rings is 1. The molecule has 0 spiro atoms. The Morgan fingerprint density at radius 3 is 2.43 bits per heavy atom. The Bertz CT molecular complexity index is 620. The van der Waals surface area contributed by atoms with Crippen molar-refractivity contribution >= 4 is 15.8 Å². The highest BCUT2D eigenvalue weighted by molar-refractivity contribution is 7.91. The van der Waals surface area contributed by atoms with Crippen molar-refractivity contribution in [3.8, 4) is 0 Å². The second-order valence-electron chi connectivity index (χ2n) is 5.75. The summed E-state index contributed by atoms with van der Waals surface area (Å²) in [6.45, 7) is 5.09. The lowest BCUT2D eigenvalue weighted by Crippen LogP contribution is -2.29. The molecule has 0 radical (unpaired) electrons. The van der Waals surface area contributed by atoms with Crippen molar-refractivity contribution in [3.63, 3.8) is 0 Å². The molecular weight excluding hydrogens is 297 g/mol. The molecule has 1 rings (SSSR count). The molecule has 118 valence electrons. The second-order valence-corrected chi connectivity index (χ2v) is 7.81. The number of halogens is 1. The van der Waals surface area contributed by atoms with Crippen LogP contribution in [0.25, 0.3) is 0 Å². The third-order valence-electron chi connectivity index (χ3n) is 2.49. The molecule has 21 heavy (non-hydrogen) atoms. The zero-order chi connectivity index (χ0) is 16.3. The van der Waals surface area contributed by atoms with Crippen molar-refractivity contribution in [2.45, 2.75) is 38.7 Å². The first-order chi connectivity index (χ1) is 9.52. The highest BCUT2D eigenvalue weighted by Crippen LogP contribution is 2.15. The number of carbonyl (C=O) groups is 1. The lowest BCUT2D eigenvalue weighted by Gasteiger charge is -2.19. The predicted molar refractivity (Wildman–Crippen MR) is 77.6 cm³/mol. The summed E-state index contributed by atoms with van der Waals surface area (Å²) in [7, 11) is -3.79. The maximum atomic E-state index is 13.7. The van der Waals surface area contributed by atoms with Crippen LogP contribution in [-0.4, -0.2) is 25.7 Å². The second kappa shape index (κ2) is 6.53. The van der Waals surface area contributed by atoms with Gasteiger partial charge in [0.15, 0.2) is 9.84 Å². The van der Waals surface area contributed by atoms with E-state index in [0.717, 1.165) is 0 Å². The first-order valence-corrected chi connectivity index (χ1v) is 8.24. The molecule has 0 saturated heterocycles. The summed E-state index contributed by atoms with van der Waals surface area (Å²) in [5.41, 5.74) is 5.19. The van der Waals surface area contributed by atoms with Gasteiger partial charge in [0.2, 0.25) is 0 Å². The Balaban J connectivity index is 2.79. The van der Waals surface area contributed by atoms with Crippen molar-refractivity contribution < 1.29 is 22.3 Å². The maximum absolute atomic E-state index is 13.7. The van der Waals surface area contributed by atoms with Crippen LogP contribution in [0.5, 0.6) is 0 Å². The molecule has 0 atom stereocenters. The highest BCUT2D eigenvalue weighted by atomic mass is 32.2. The van der Waals surface area contributed by atoms with E-state index >= 15 is 0 Å². The third kappa shape index (κ3) is 6.22.